The van der Waals surface area contributed by atoms with Crippen LogP contribution in [0, 0.1) is 5.82 Å². The molecule has 0 aliphatic rings. The van der Waals surface area contributed by atoms with Gasteiger partial charge >= 0.3 is 6.18 Å². The molecule has 0 unspecified atom stereocenters. The number of alkyl halides is 3. The zero-order chi connectivity index (χ0) is 12.6. The first kappa shape index (κ1) is 13.0. The summed E-state index contributed by atoms with van der Waals surface area (Å²) >= 11 is 0. The van der Waals surface area contributed by atoms with Crippen molar-refractivity contribution in [1.29, 1.82) is 0 Å². The Morgan fingerprint density at radius 2 is 1.62 bits per heavy atom. The van der Waals surface area contributed by atoms with Crippen molar-refractivity contribution in [1.82, 2.24) is 0 Å². The second kappa shape index (κ2) is 4.05. The number of rotatable bonds is 2. The van der Waals surface area contributed by atoms with Crippen molar-refractivity contribution < 1.29 is 17.6 Å². The van der Waals surface area contributed by atoms with E-state index >= 15 is 0 Å². The van der Waals surface area contributed by atoms with E-state index in [0.29, 0.717) is 0 Å². The first-order chi connectivity index (χ1) is 7.20. The van der Waals surface area contributed by atoms with Crippen LogP contribution in [-0.4, -0.2) is 6.54 Å². The Hall–Kier alpha value is -1.10. The van der Waals surface area contributed by atoms with E-state index in [0.717, 1.165) is 6.07 Å². The normalized spacial score (nSPS) is 12.9. The summed E-state index contributed by atoms with van der Waals surface area (Å²) in [7, 11) is 0. The average Bonchev–Trinajstić information content (AvgIpc) is 2.16. The van der Waals surface area contributed by atoms with Gasteiger partial charge in [0, 0.05) is 12.0 Å². The van der Waals surface area contributed by atoms with Gasteiger partial charge in [0.2, 0.25) is 0 Å². The highest BCUT2D eigenvalue weighted by Gasteiger charge is 2.36. The molecule has 1 nitrogen and oxygen atoms in total. The van der Waals surface area contributed by atoms with Crippen LogP contribution in [0.4, 0.5) is 17.6 Å². The van der Waals surface area contributed by atoms with E-state index in [9.17, 15) is 17.6 Å². The molecular formula is C11H13F4N. The number of halogens is 4. The van der Waals surface area contributed by atoms with Crippen LogP contribution in [-0.2, 0) is 11.6 Å². The lowest BCUT2D eigenvalue weighted by Gasteiger charge is -2.24. The summed E-state index contributed by atoms with van der Waals surface area (Å²) < 4.78 is 51.0. The summed E-state index contributed by atoms with van der Waals surface area (Å²) in [5.41, 5.74) is 3.35. The minimum atomic E-state index is -4.68. The molecule has 0 fully saturated rings. The van der Waals surface area contributed by atoms with Crippen molar-refractivity contribution in [2.45, 2.75) is 25.4 Å². The SMILES string of the molecule is CC(C)(CN)c1cccc(C(F)(F)F)c1F. The van der Waals surface area contributed by atoms with Crippen LogP contribution < -0.4 is 5.73 Å². The lowest BCUT2D eigenvalue weighted by atomic mass is 9.83. The Bertz CT molecular complexity index is 382. The summed E-state index contributed by atoms with van der Waals surface area (Å²) in [5.74, 6) is -1.23. The first-order valence-electron chi connectivity index (χ1n) is 4.76. The molecule has 0 amide bonds. The molecule has 0 radical (unpaired) electrons. The molecule has 1 rings (SSSR count). The van der Waals surface area contributed by atoms with E-state index in [-0.39, 0.29) is 12.1 Å². The van der Waals surface area contributed by atoms with Crippen molar-refractivity contribution >= 4 is 0 Å². The summed E-state index contributed by atoms with van der Waals surface area (Å²) in [6, 6.07) is 3.25. The van der Waals surface area contributed by atoms with Crippen LogP contribution in [0.5, 0.6) is 0 Å². The summed E-state index contributed by atoms with van der Waals surface area (Å²) in [4.78, 5) is 0. The molecule has 0 heterocycles. The number of benzene rings is 1. The Morgan fingerprint density at radius 3 is 2.06 bits per heavy atom. The minimum absolute atomic E-state index is 0.00942. The summed E-state index contributed by atoms with van der Waals surface area (Å²) in [6.45, 7) is 3.28. The van der Waals surface area contributed by atoms with Gasteiger partial charge < -0.3 is 5.73 Å². The van der Waals surface area contributed by atoms with Crippen LogP contribution >= 0.6 is 0 Å². The fourth-order valence-corrected chi connectivity index (χ4v) is 1.38. The van der Waals surface area contributed by atoms with Crippen LogP contribution in [0.15, 0.2) is 18.2 Å². The molecule has 0 aliphatic heterocycles. The molecule has 0 saturated heterocycles. The van der Waals surface area contributed by atoms with Gasteiger partial charge in [0.25, 0.3) is 0 Å². The average molecular weight is 235 g/mol. The van der Waals surface area contributed by atoms with Crippen molar-refractivity contribution in [3.05, 3.63) is 35.1 Å². The molecule has 0 aromatic heterocycles. The second-order valence-electron chi connectivity index (χ2n) is 4.25. The van der Waals surface area contributed by atoms with Crippen LogP contribution in [0.25, 0.3) is 0 Å². The summed E-state index contributed by atoms with van der Waals surface area (Å²) in [5, 5.41) is 0. The monoisotopic (exact) mass is 235 g/mol. The Morgan fingerprint density at radius 1 is 1.12 bits per heavy atom. The molecule has 0 aliphatic carbocycles. The highest BCUT2D eigenvalue weighted by Crippen LogP contribution is 2.35. The number of nitrogens with two attached hydrogens (primary N) is 1. The Balaban J connectivity index is 3.36. The third-order valence-corrected chi connectivity index (χ3v) is 2.54. The van der Waals surface area contributed by atoms with Crippen LogP contribution in [0.2, 0.25) is 0 Å². The van der Waals surface area contributed by atoms with Crippen molar-refractivity contribution in [2.24, 2.45) is 5.73 Å². The number of hydrogen-bond donors (Lipinski definition) is 1. The second-order valence-corrected chi connectivity index (χ2v) is 4.25. The third kappa shape index (κ3) is 2.35. The minimum Gasteiger partial charge on any atom is -0.330 e. The zero-order valence-corrected chi connectivity index (χ0v) is 9.03. The maximum Gasteiger partial charge on any atom is 0.419 e. The first-order valence-corrected chi connectivity index (χ1v) is 4.76. The Kier molecular flexibility index (Phi) is 3.28. The molecule has 0 saturated carbocycles. The topological polar surface area (TPSA) is 26.0 Å². The lowest BCUT2D eigenvalue weighted by molar-refractivity contribution is -0.140. The molecule has 2 N–H and O–H groups in total. The molecule has 1 aromatic rings. The predicted octanol–water partition coefficient (Wildman–Crippen LogP) is 3.08. The smallest absolute Gasteiger partial charge is 0.330 e. The molecule has 5 heteroatoms. The zero-order valence-electron chi connectivity index (χ0n) is 9.03. The van der Waals surface area contributed by atoms with Gasteiger partial charge in [-0.05, 0) is 11.6 Å². The molecule has 1 aromatic carbocycles. The van der Waals surface area contributed by atoms with E-state index in [1.54, 1.807) is 13.8 Å². The van der Waals surface area contributed by atoms with Gasteiger partial charge in [0.1, 0.15) is 5.82 Å². The number of hydrogen-bond acceptors (Lipinski definition) is 1. The van der Waals surface area contributed by atoms with E-state index < -0.39 is 23.0 Å². The molecule has 0 atom stereocenters. The van der Waals surface area contributed by atoms with E-state index in [2.05, 4.69) is 0 Å². The lowest BCUT2D eigenvalue weighted by Crippen LogP contribution is -2.30. The molecule has 0 spiro atoms. The fourth-order valence-electron chi connectivity index (χ4n) is 1.38. The Labute approximate surface area is 91.3 Å². The van der Waals surface area contributed by atoms with Crippen molar-refractivity contribution in [2.75, 3.05) is 6.54 Å². The highest BCUT2D eigenvalue weighted by atomic mass is 19.4. The van der Waals surface area contributed by atoms with Gasteiger partial charge in [0.15, 0.2) is 0 Å². The fraction of sp³-hybridized carbons (Fsp3) is 0.455. The third-order valence-electron chi connectivity index (χ3n) is 2.54. The largest absolute Gasteiger partial charge is 0.419 e. The molecular weight excluding hydrogens is 222 g/mol. The maximum absolute atomic E-state index is 13.7. The predicted molar refractivity (Wildman–Crippen MR) is 53.5 cm³/mol. The van der Waals surface area contributed by atoms with E-state index in [1.165, 1.54) is 12.1 Å². The highest BCUT2D eigenvalue weighted by molar-refractivity contribution is 5.33. The van der Waals surface area contributed by atoms with Gasteiger partial charge in [-0.1, -0.05) is 26.0 Å². The van der Waals surface area contributed by atoms with E-state index in [1.807, 2.05) is 0 Å². The molecule has 90 valence electrons. The van der Waals surface area contributed by atoms with Gasteiger partial charge in [-0.2, -0.15) is 13.2 Å². The van der Waals surface area contributed by atoms with Crippen LogP contribution in [0.3, 0.4) is 0 Å². The van der Waals surface area contributed by atoms with Gasteiger partial charge in [0.05, 0.1) is 5.56 Å². The van der Waals surface area contributed by atoms with Crippen LogP contribution in [0.1, 0.15) is 25.0 Å². The van der Waals surface area contributed by atoms with Gasteiger partial charge in [-0.15, -0.1) is 0 Å². The molecule has 16 heavy (non-hydrogen) atoms. The van der Waals surface area contributed by atoms with Crippen molar-refractivity contribution in [3.8, 4) is 0 Å². The quantitative estimate of drug-likeness (QED) is 0.783. The maximum atomic E-state index is 13.7. The van der Waals surface area contributed by atoms with Gasteiger partial charge in [-0.3, -0.25) is 0 Å². The summed E-state index contributed by atoms with van der Waals surface area (Å²) in [6.07, 6.45) is -4.68. The standard InChI is InChI=1S/C11H13F4N/c1-10(2,6-16)7-4-3-5-8(9(7)12)11(13,14)15/h3-5H,6,16H2,1-2H3. The van der Waals surface area contributed by atoms with E-state index in [4.69, 9.17) is 5.73 Å². The van der Waals surface area contributed by atoms with Gasteiger partial charge in [-0.25, -0.2) is 4.39 Å². The molecule has 0 bridgehead atoms. The van der Waals surface area contributed by atoms with Crippen molar-refractivity contribution in [3.63, 3.8) is 0 Å².